The van der Waals surface area contributed by atoms with Gasteiger partial charge in [0.1, 0.15) is 5.82 Å². The molecule has 3 unspecified atom stereocenters. The molecule has 7 rings (SSSR count). The van der Waals surface area contributed by atoms with Crippen LogP contribution in [0, 0.1) is 11.8 Å². The van der Waals surface area contributed by atoms with Crippen LogP contribution in [0.4, 0.5) is 0 Å². The molecule has 206 valence electrons. The fraction of sp³-hybridized carbons (Fsp3) is 0.750. The largest absolute Gasteiger partial charge is 0.481 e. The number of imidazole rings is 1. The Morgan fingerprint density at radius 3 is 2.29 bits per heavy atom. The summed E-state index contributed by atoms with van der Waals surface area (Å²) in [6.07, 6.45) is 19.3. The SMILES string of the molecule is O=C(O)CCN1CCCC1c1nc2ccccc2n1C1C[C@H]2CCC[C@@H](C1)N2C1C[C@H]2CCCC[C@@H](C1)C2. The molecule has 0 radical (unpaired) electrons. The number of carboxylic acids is 1. The first kappa shape index (κ1) is 25.1. The number of aliphatic carboxylic acids is 1. The highest BCUT2D eigenvalue weighted by Crippen LogP contribution is 2.48. The van der Waals surface area contributed by atoms with E-state index in [4.69, 9.17) is 4.98 Å². The molecule has 5 aliphatic rings. The second kappa shape index (κ2) is 10.6. The quantitative estimate of drug-likeness (QED) is 0.469. The molecule has 1 N–H and O–H groups in total. The molecule has 4 bridgehead atoms. The van der Waals surface area contributed by atoms with Crippen molar-refractivity contribution in [3.05, 3.63) is 30.1 Å². The van der Waals surface area contributed by atoms with Gasteiger partial charge in [0.05, 0.1) is 23.5 Å². The topological polar surface area (TPSA) is 61.6 Å². The van der Waals surface area contributed by atoms with Crippen LogP contribution < -0.4 is 0 Å². The van der Waals surface area contributed by atoms with Crippen molar-refractivity contribution in [1.29, 1.82) is 0 Å². The molecule has 0 spiro atoms. The van der Waals surface area contributed by atoms with Gasteiger partial charge in [-0.25, -0.2) is 4.98 Å². The predicted octanol–water partition coefficient (Wildman–Crippen LogP) is 6.56. The fourth-order valence-electron chi connectivity index (χ4n) is 9.61. The summed E-state index contributed by atoms with van der Waals surface area (Å²) in [6.45, 7) is 1.60. The Balaban J connectivity index is 1.18. The van der Waals surface area contributed by atoms with Crippen LogP contribution in [0.25, 0.3) is 11.0 Å². The number of benzene rings is 1. The highest BCUT2D eigenvalue weighted by Gasteiger charge is 2.45. The lowest BCUT2D eigenvalue weighted by Crippen LogP contribution is -2.58. The number of carboxylic acid groups (broad SMARTS) is 1. The highest BCUT2D eigenvalue weighted by atomic mass is 16.4. The van der Waals surface area contributed by atoms with Gasteiger partial charge >= 0.3 is 5.97 Å². The number of carbonyl (C=O) groups is 1. The highest BCUT2D eigenvalue weighted by molar-refractivity contribution is 5.76. The molecular weight excluding hydrogens is 472 g/mol. The summed E-state index contributed by atoms with van der Waals surface area (Å²) in [4.78, 5) is 22.1. The predicted molar refractivity (Wildman–Crippen MR) is 150 cm³/mol. The summed E-state index contributed by atoms with van der Waals surface area (Å²) in [6, 6.07) is 11.7. The second-order valence-corrected chi connectivity index (χ2v) is 13.4. The van der Waals surface area contributed by atoms with Crippen LogP contribution in [0.15, 0.2) is 24.3 Å². The summed E-state index contributed by atoms with van der Waals surface area (Å²) in [5.74, 6) is 2.45. The number of rotatable bonds is 6. The minimum atomic E-state index is -0.702. The molecule has 2 saturated carbocycles. The van der Waals surface area contributed by atoms with Gasteiger partial charge in [-0.3, -0.25) is 14.6 Å². The first-order chi connectivity index (χ1) is 18.6. The average molecular weight is 519 g/mol. The zero-order valence-electron chi connectivity index (χ0n) is 23.0. The van der Waals surface area contributed by atoms with Crippen LogP contribution in [0.5, 0.6) is 0 Å². The summed E-state index contributed by atoms with van der Waals surface area (Å²) < 4.78 is 2.64. The third kappa shape index (κ3) is 4.70. The zero-order chi connectivity index (χ0) is 25.6. The van der Waals surface area contributed by atoms with E-state index >= 15 is 0 Å². The number of piperidine rings is 2. The van der Waals surface area contributed by atoms with Gasteiger partial charge in [-0.2, -0.15) is 0 Å². The van der Waals surface area contributed by atoms with Crippen LogP contribution in [-0.4, -0.2) is 61.6 Å². The van der Waals surface area contributed by atoms with E-state index in [9.17, 15) is 9.90 Å². The normalized spacial score (nSPS) is 36.4. The van der Waals surface area contributed by atoms with Gasteiger partial charge in [-0.05, 0) is 88.3 Å². The van der Waals surface area contributed by atoms with E-state index in [1.807, 2.05) is 0 Å². The van der Waals surface area contributed by atoms with E-state index in [0.717, 1.165) is 42.8 Å². The molecule has 38 heavy (non-hydrogen) atoms. The molecule has 7 atom stereocenters. The maximum atomic E-state index is 11.4. The number of nitrogens with zero attached hydrogens (tertiary/aromatic N) is 4. The Labute approximate surface area is 227 Å². The van der Waals surface area contributed by atoms with Crippen molar-refractivity contribution in [2.75, 3.05) is 13.1 Å². The third-order valence-electron chi connectivity index (χ3n) is 11.0. The van der Waals surface area contributed by atoms with Crippen LogP contribution in [0.3, 0.4) is 0 Å². The summed E-state index contributed by atoms with van der Waals surface area (Å²) in [5.41, 5.74) is 2.39. The first-order valence-electron chi connectivity index (χ1n) is 15.8. The smallest absolute Gasteiger partial charge is 0.304 e. The van der Waals surface area contributed by atoms with Crippen molar-refractivity contribution in [2.24, 2.45) is 11.8 Å². The van der Waals surface area contributed by atoms with Crippen LogP contribution >= 0.6 is 0 Å². The van der Waals surface area contributed by atoms with Gasteiger partial charge in [-0.15, -0.1) is 0 Å². The van der Waals surface area contributed by atoms with Gasteiger partial charge in [0.2, 0.25) is 0 Å². The summed E-state index contributed by atoms with van der Waals surface area (Å²) in [5, 5.41) is 9.34. The van der Waals surface area contributed by atoms with Gasteiger partial charge in [0.15, 0.2) is 0 Å². The number of likely N-dealkylation sites (tertiary alicyclic amines) is 1. The van der Waals surface area contributed by atoms with Gasteiger partial charge in [0, 0.05) is 30.7 Å². The van der Waals surface area contributed by atoms with E-state index in [1.54, 1.807) is 0 Å². The van der Waals surface area contributed by atoms with Crippen molar-refractivity contribution < 1.29 is 9.90 Å². The number of hydrogen-bond acceptors (Lipinski definition) is 4. The molecule has 6 heteroatoms. The van der Waals surface area contributed by atoms with E-state index in [0.29, 0.717) is 24.7 Å². The Morgan fingerprint density at radius 1 is 0.816 bits per heavy atom. The van der Waals surface area contributed by atoms with Gasteiger partial charge in [-0.1, -0.05) is 44.2 Å². The lowest BCUT2D eigenvalue weighted by Gasteiger charge is -2.55. The monoisotopic (exact) mass is 518 g/mol. The van der Waals surface area contributed by atoms with Crippen molar-refractivity contribution >= 4 is 17.0 Å². The van der Waals surface area contributed by atoms with Crippen molar-refractivity contribution in [3.63, 3.8) is 0 Å². The summed E-state index contributed by atoms with van der Waals surface area (Å²) in [7, 11) is 0. The number of aromatic nitrogens is 2. The van der Waals surface area contributed by atoms with Crippen molar-refractivity contribution in [1.82, 2.24) is 19.4 Å². The zero-order valence-corrected chi connectivity index (χ0v) is 23.0. The van der Waals surface area contributed by atoms with Gasteiger partial charge < -0.3 is 9.67 Å². The average Bonchev–Trinajstić information content (AvgIpc) is 3.49. The standard InChI is InChI=1S/C32H46N4O2/c37-31(38)14-16-34-15-6-13-30(34)32-33-28-11-3-4-12-29(28)36(32)27-20-24-9-5-10-25(21-27)35(24)26-18-22-7-1-2-8-23(17-22)19-26/h3-4,11-12,22-27,30H,1-2,5-10,13-21H2,(H,37,38)/t22-,23+,24-,25+,26?,27?,30?. The maximum Gasteiger partial charge on any atom is 0.304 e. The van der Waals surface area contributed by atoms with Crippen molar-refractivity contribution in [2.45, 2.75) is 127 Å². The molecule has 2 aromatic rings. The Morgan fingerprint density at radius 2 is 1.55 bits per heavy atom. The molecule has 2 aliphatic carbocycles. The molecule has 5 fully saturated rings. The number of para-hydroxylation sites is 2. The summed E-state index contributed by atoms with van der Waals surface area (Å²) >= 11 is 0. The molecule has 0 amide bonds. The van der Waals surface area contributed by atoms with E-state index in [-0.39, 0.29) is 12.5 Å². The molecule has 3 aliphatic heterocycles. The van der Waals surface area contributed by atoms with Gasteiger partial charge in [0.25, 0.3) is 0 Å². The second-order valence-electron chi connectivity index (χ2n) is 13.4. The number of fused-ring (bicyclic) bond motifs is 5. The third-order valence-corrected chi connectivity index (χ3v) is 11.0. The van der Waals surface area contributed by atoms with Crippen LogP contribution in [-0.2, 0) is 4.79 Å². The molecule has 1 aromatic carbocycles. The van der Waals surface area contributed by atoms with Crippen LogP contribution in [0.2, 0.25) is 0 Å². The molecule has 6 nitrogen and oxygen atoms in total. The maximum absolute atomic E-state index is 11.4. The molecular formula is C32H46N4O2. The van der Waals surface area contributed by atoms with E-state index in [2.05, 4.69) is 38.6 Å². The molecule has 4 heterocycles. The van der Waals surface area contributed by atoms with Crippen molar-refractivity contribution in [3.8, 4) is 0 Å². The fourth-order valence-corrected chi connectivity index (χ4v) is 9.61. The molecule has 1 aromatic heterocycles. The number of hydrogen-bond donors (Lipinski definition) is 1. The minimum absolute atomic E-state index is 0.211. The Kier molecular flexibility index (Phi) is 6.98. The van der Waals surface area contributed by atoms with E-state index < -0.39 is 5.97 Å². The molecule has 3 saturated heterocycles. The minimum Gasteiger partial charge on any atom is -0.481 e. The lowest BCUT2D eigenvalue weighted by atomic mass is 9.73. The Hall–Kier alpha value is -1.92. The lowest BCUT2D eigenvalue weighted by molar-refractivity contribution is -0.137. The van der Waals surface area contributed by atoms with E-state index in [1.165, 1.54) is 88.4 Å². The first-order valence-corrected chi connectivity index (χ1v) is 15.8. The van der Waals surface area contributed by atoms with Crippen LogP contribution in [0.1, 0.15) is 114 Å². The Bertz CT molecular complexity index is 1120.